The molecule has 0 bridgehead atoms. The molecule has 5 heteroatoms. The van der Waals surface area contributed by atoms with Gasteiger partial charge in [-0.15, -0.1) is 0 Å². The average molecular weight is 300 g/mol. The zero-order valence-corrected chi connectivity index (χ0v) is 12.0. The van der Waals surface area contributed by atoms with Crippen molar-refractivity contribution < 1.29 is 14.3 Å². The molecule has 3 nitrogen and oxygen atoms in total. The Morgan fingerprint density at radius 3 is 2.65 bits per heavy atom. The standard InChI is InChI=1S/C15H19ClFNO2/c16-13-2-1-3-14(17)12(13)8-15(20)18-11-6-4-10(9-19)5-7-11/h1-3,10-11,19H,4-9H2,(H,18,20). The molecule has 0 heterocycles. The molecule has 110 valence electrons. The summed E-state index contributed by atoms with van der Waals surface area (Å²) < 4.78 is 13.6. The Bertz CT molecular complexity index is 453. The first kappa shape index (κ1) is 15.3. The van der Waals surface area contributed by atoms with E-state index in [-0.39, 0.29) is 35.6 Å². The Hall–Kier alpha value is -1.13. The quantitative estimate of drug-likeness (QED) is 0.898. The summed E-state index contributed by atoms with van der Waals surface area (Å²) in [7, 11) is 0. The van der Waals surface area contributed by atoms with Crippen LogP contribution in [0.15, 0.2) is 18.2 Å². The average Bonchev–Trinajstić information content (AvgIpc) is 2.44. The molecule has 0 spiro atoms. The van der Waals surface area contributed by atoms with Crippen molar-refractivity contribution in [1.29, 1.82) is 0 Å². The minimum Gasteiger partial charge on any atom is -0.396 e. The molecular weight excluding hydrogens is 281 g/mol. The third-order valence-electron chi connectivity index (χ3n) is 3.87. The number of hydrogen-bond acceptors (Lipinski definition) is 2. The number of benzene rings is 1. The lowest BCUT2D eigenvalue weighted by molar-refractivity contribution is -0.121. The minimum absolute atomic E-state index is 0.0363. The van der Waals surface area contributed by atoms with Crippen LogP contribution in [0.2, 0.25) is 5.02 Å². The van der Waals surface area contributed by atoms with Crippen molar-refractivity contribution in [3.05, 3.63) is 34.6 Å². The van der Waals surface area contributed by atoms with Crippen molar-refractivity contribution >= 4 is 17.5 Å². The van der Waals surface area contributed by atoms with Gasteiger partial charge < -0.3 is 10.4 Å². The van der Waals surface area contributed by atoms with E-state index in [1.807, 2.05) is 0 Å². The van der Waals surface area contributed by atoms with E-state index in [1.165, 1.54) is 12.1 Å². The number of aliphatic hydroxyl groups excluding tert-OH is 1. The summed E-state index contributed by atoms with van der Waals surface area (Å²) in [5, 5.41) is 12.3. The van der Waals surface area contributed by atoms with Crippen LogP contribution >= 0.6 is 11.6 Å². The summed E-state index contributed by atoms with van der Waals surface area (Å²) in [6, 6.07) is 4.53. The highest BCUT2D eigenvalue weighted by atomic mass is 35.5. The number of carbonyl (C=O) groups excluding carboxylic acids is 1. The molecule has 2 rings (SSSR count). The van der Waals surface area contributed by atoms with Crippen LogP contribution in [0.3, 0.4) is 0 Å². The van der Waals surface area contributed by atoms with Crippen LogP contribution in [0.4, 0.5) is 4.39 Å². The van der Waals surface area contributed by atoms with Gasteiger partial charge in [0.2, 0.25) is 5.91 Å². The minimum atomic E-state index is -0.448. The summed E-state index contributed by atoms with van der Waals surface area (Å²) in [5.41, 5.74) is 0.246. The topological polar surface area (TPSA) is 49.3 Å². The van der Waals surface area contributed by atoms with E-state index < -0.39 is 5.82 Å². The fourth-order valence-corrected chi connectivity index (χ4v) is 2.86. The molecule has 1 aromatic carbocycles. The zero-order valence-electron chi connectivity index (χ0n) is 11.2. The van der Waals surface area contributed by atoms with Gasteiger partial charge in [-0.25, -0.2) is 4.39 Å². The number of carbonyl (C=O) groups is 1. The van der Waals surface area contributed by atoms with Crippen LogP contribution in [-0.2, 0) is 11.2 Å². The molecule has 0 unspecified atom stereocenters. The summed E-state index contributed by atoms with van der Waals surface area (Å²) >= 11 is 5.91. The Morgan fingerprint density at radius 2 is 2.05 bits per heavy atom. The molecule has 1 aliphatic carbocycles. The van der Waals surface area contributed by atoms with Crippen LogP contribution in [0.25, 0.3) is 0 Å². The zero-order chi connectivity index (χ0) is 14.5. The normalized spacial score (nSPS) is 22.6. The molecule has 0 saturated heterocycles. The van der Waals surface area contributed by atoms with E-state index >= 15 is 0 Å². The number of amides is 1. The van der Waals surface area contributed by atoms with Crippen molar-refractivity contribution in [2.75, 3.05) is 6.61 Å². The highest BCUT2D eigenvalue weighted by Crippen LogP contribution is 2.24. The first-order valence-corrected chi connectivity index (χ1v) is 7.31. The van der Waals surface area contributed by atoms with E-state index in [4.69, 9.17) is 16.7 Å². The van der Waals surface area contributed by atoms with Gasteiger partial charge in [0.15, 0.2) is 0 Å². The van der Waals surface area contributed by atoms with Crippen molar-refractivity contribution in [2.45, 2.75) is 38.1 Å². The fourth-order valence-electron chi connectivity index (χ4n) is 2.63. The van der Waals surface area contributed by atoms with Gasteiger partial charge in [0, 0.05) is 23.2 Å². The molecule has 1 aliphatic rings. The third kappa shape index (κ3) is 3.93. The largest absolute Gasteiger partial charge is 0.396 e. The van der Waals surface area contributed by atoms with Crippen molar-refractivity contribution in [2.24, 2.45) is 5.92 Å². The fraction of sp³-hybridized carbons (Fsp3) is 0.533. The number of hydrogen-bond donors (Lipinski definition) is 2. The summed E-state index contributed by atoms with van der Waals surface area (Å²) in [5.74, 6) is -0.301. The second-order valence-corrected chi connectivity index (χ2v) is 5.75. The molecule has 2 N–H and O–H groups in total. The van der Waals surface area contributed by atoms with Crippen LogP contribution in [-0.4, -0.2) is 23.7 Å². The molecule has 1 amide bonds. The molecule has 1 aromatic rings. The monoisotopic (exact) mass is 299 g/mol. The van der Waals surface area contributed by atoms with Gasteiger partial charge >= 0.3 is 0 Å². The highest BCUT2D eigenvalue weighted by Gasteiger charge is 2.22. The molecule has 0 aromatic heterocycles. The Balaban J connectivity index is 1.87. The Morgan fingerprint density at radius 1 is 1.35 bits per heavy atom. The van der Waals surface area contributed by atoms with Gasteiger partial charge in [-0.05, 0) is 43.7 Å². The van der Waals surface area contributed by atoms with E-state index in [0.717, 1.165) is 25.7 Å². The first-order chi connectivity index (χ1) is 9.60. The van der Waals surface area contributed by atoms with E-state index in [2.05, 4.69) is 5.32 Å². The predicted molar refractivity (Wildman–Crippen MR) is 76.1 cm³/mol. The number of rotatable bonds is 4. The first-order valence-electron chi connectivity index (χ1n) is 6.93. The van der Waals surface area contributed by atoms with Gasteiger partial charge in [-0.1, -0.05) is 17.7 Å². The maximum absolute atomic E-state index is 13.6. The summed E-state index contributed by atoms with van der Waals surface area (Å²) in [6.07, 6.45) is 3.53. The highest BCUT2D eigenvalue weighted by molar-refractivity contribution is 6.31. The van der Waals surface area contributed by atoms with E-state index in [9.17, 15) is 9.18 Å². The summed E-state index contributed by atoms with van der Waals surface area (Å²) in [4.78, 5) is 12.0. The van der Waals surface area contributed by atoms with E-state index in [0.29, 0.717) is 5.92 Å². The maximum atomic E-state index is 13.6. The second kappa shape index (κ2) is 7.04. The molecule has 20 heavy (non-hydrogen) atoms. The molecule has 0 radical (unpaired) electrons. The van der Waals surface area contributed by atoms with Gasteiger partial charge in [-0.2, -0.15) is 0 Å². The predicted octanol–water partition coefficient (Wildman–Crippen LogP) is 2.69. The Labute approximate surface area is 123 Å². The van der Waals surface area contributed by atoms with Gasteiger partial charge in [-0.3, -0.25) is 4.79 Å². The Kier molecular flexibility index (Phi) is 5.38. The van der Waals surface area contributed by atoms with Crippen molar-refractivity contribution in [3.63, 3.8) is 0 Å². The van der Waals surface area contributed by atoms with Crippen molar-refractivity contribution in [3.8, 4) is 0 Å². The molecule has 0 atom stereocenters. The molecule has 1 saturated carbocycles. The molecular formula is C15H19ClFNO2. The van der Waals surface area contributed by atoms with Gasteiger partial charge in [0.1, 0.15) is 5.82 Å². The van der Waals surface area contributed by atoms with Crippen LogP contribution in [0, 0.1) is 11.7 Å². The SMILES string of the molecule is O=C(Cc1c(F)cccc1Cl)NC1CCC(CO)CC1. The number of nitrogens with one attached hydrogen (secondary N) is 1. The molecule has 1 fully saturated rings. The van der Waals surface area contributed by atoms with Crippen molar-refractivity contribution in [1.82, 2.24) is 5.32 Å². The van der Waals surface area contributed by atoms with Crippen LogP contribution in [0.1, 0.15) is 31.2 Å². The smallest absolute Gasteiger partial charge is 0.224 e. The van der Waals surface area contributed by atoms with E-state index in [1.54, 1.807) is 6.07 Å². The molecule has 0 aliphatic heterocycles. The maximum Gasteiger partial charge on any atom is 0.224 e. The number of aliphatic hydroxyl groups is 1. The lowest BCUT2D eigenvalue weighted by Gasteiger charge is -2.28. The van der Waals surface area contributed by atoms with Gasteiger partial charge in [0.25, 0.3) is 0 Å². The van der Waals surface area contributed by atoms with Crippen LogP contribution in [0.5, 0.6) is 0 Å². The number of halogens is 2. The van der Waals surface area contributed by atoms with Gasteiger partial charge in [0.05, 0.1) is 6.42 Å². The third-order valence-corrected chi connectivity index (χ3v) is 4.22. The van der Waals surface area contributed by atoms with Crippen LogP contribution < -0.4 is 5.32 Å². The lowest BCUT2D eigenvalue weighted by Crippen LogP contribution is -2.39. The second-order valence-electron chi connectivity index (χ2n) is 5.34. The lowest BCUT2D eigenvalue weighted by atomic mass is 9.86. The summed E-state index contributed by atoms with van der Waals surface area (Å²) in [6.45, 7) is 0.214.